The van der Waals surface area contributed by atoms with E-state index in [0.717, 1.165) is 45.2 Å². The third-order valence-electron chi connectivity index (χ3n) is 6.04. The number of carbonyl (C=O) groups excluding carboxylic acids is 4. The monoisotopic (exact) mass is 570 g/mol. The highest BCUT2D eigenvalue weighted by Crippen LogP contribution is 2.15. The van der Waals surface area contributed by atoms with Gasteiger partial charge in [0.2, 0.25) is 11.8 Å². The van der Waals surface area contributed by atoms with Crippen LogP contribution in [0.5, 0.6) is 0 Å². The van der Waals surface area contributed by atoms with Gasteiger partial charge in [0.1, 0.15) is 13.2 Å². The van der Waals surface area contributed by atoms with Crippen LogP contribution in [-0.2, 0) is 28.7 Å². The highest BCUT2D eigenvalue weighted by atomic mass is 16.5. The zero-order valence-electron chi connectivity index (χ0n) is 25.5. The van der Waals surface area contributed by atoms with Crippen molar-refractivity contribution in [1.29, 1.82) is 0 Å². The van der Waals surface area contributed by atoms with E-state index in [1.807, 2.05) is 4.90 Å². The number of hydrogen-bond donors (Lipinski definition) is 2. The number of likely N-dealkylation sites (tertiary alicyclic amines) is 2. The summed E-state index contributed by atoms with van der Waals surface area (Å²) in [5.74, 6) is -0.223. The zero-order valence-corrected chi connectivity index (χ0v) is 25.5. The first-order valence-corrected chi connectivity index (χ1v) is 14.4. The van der Waals surface area contributed by atoms with Crippen molar-refractivity contribution in [3.05, 3.63) is 24.9 Å². The van der Waals surface area contributed by atoms with Gasteiger partial charge in [0, 0.05) is 37.5 Å². The summed E-state index contributed by atoms with van der Waals surface area (Å²) in [5.41, 5.74) is 0.350. The van der Waals surface area contributed by atoms with Crippen molar-refractivity contribution in [1.82, 2.24) is 9.80 Å². The Morgan fingerprint density at radius 1 is 0.900 bits per heavy atom. The molecule has 2 amide bonds. The zero-order chi connectivity index (χ0) is 30.9. The molecule has 2 fully saturated rings. The van der Waals surface area contributed by atoms with Gasteiger partial charge in [-0.25, -0.2) is 4.79 Å². The lowest BCUT2D eigenvalue weighted by Crippen LogP contribution is -2.37. The quantitative estimate of drug-likeness (QED) is 0.314. The van der Waals surface area contributed by atoms with Crippen molar-refractivity contribution in [3.8, 4) is 0 Å². The minimum absolute atomic E-state index is 0.0473. The standard InChI is InChI=1S/C10H19NO.C8H13NO.C6H12O3.C6H10O3/c1-3-9(2)11-8-6-4-5-7-10(11)12;1-2-9-7-5-3-4-6-8(9)10;2*1-5(2)6(8)9-4-3-7/h9H,3-8H2,1-2H3;2H,1,3-7H2;5,7H,3-4H2,1-2H3;7H,1,3-4H2,2H3. The van der Waals surface area contributed by atoms with Crippen LogP contribution in [-0.4, -0.2) is 89.3 Å². The lowest BCUT2D eigenvalue weighted by atomic mass is 10.2. The van der Waals surface area contributed by atoms with Crippen LogP contribution in [0.25, 0.3) is 0 Å². The molecule has 232 valence electrons. The van der Waals surface area contributed by atoms with Crippen LogP contribution in [0.15, 0.2) is 24.9 Å². The lowest BCUT2D eigenvalue weighted by molar-refractivity contribution is -0.148. The number of rotatable bonds is 9. The first kappa shape index (κ1) is 39.4. The van der Waals surface area contributed by atoms with E-state index in [9.17, 15) is 19.2 Å². The molecule has 1 unspecified atom stereocenters. The van der Waals surface area contributed by atoms with Crippen LogP contribution in [0.1, 0.15) is 92.4 Å². The molecule has 0 spiro atoms. The number of ether oxygens (including phenoxy) is 2. The smallest absolute Gasteiger partial charge is 0.333 e. The Hall–Kier alpha value is -2.72. The Morgan fingerprint density at radius 2 is 1.43 bits per heavy atom. The highest BCUT2D eigenvalue weighted by molar-refractivity contribution is 5.86. The van der Waals surface area contributed by atoms with Gasteiger partial charge in [-0.3, -0.25) is 14.4 Å². The fourth-order valence-corrected chi connectivity index (χ4v) is 3.46. The van der Waals surface area contributed by atoms with E-state index in [1.54, 1.807) is 31.9 Å². The molecule has 0 aromatic rings. The van der Waals surface area contributed by atoms with Crippen molar-refractivity contribution in [2.75, 3.05) is 39.5 Å². The summed E-state index contributed by atoms with van der Waals surface area (Å²) in [4.78, 5) is 47.4. The third kappa shape index (κ3) is 20.2. The molecule has 2 saturated heterocycles. The van der Waals surface area contributed by atoms with E-state index in [0.29, 0.717) is 23.9 Å². The summed E-state index contributed by atoms with van der Waals surface area (Å²) in [6, 6.07) is 0.440. The summed E-state index contributed by atoms with van der Waals surface area (Å²) >= 11 is 0. The van der Waals surface area contributed by atoms with E-state index in [-0.39, 0.29) is 44.2 Å². The van der Waals surface area contributed by atoms with Crippen LogP contribution in [0.2, 0.25) is 0 Å². The predicted molar refractivity (Wildman–Crippen MR) is 156 cm³/mol. The largest absolute Gasteiger partial charge is 0.463 e. The molecular weight excluding hydrogens is 516 g/mol. The predicted octanol–water partition coefficient (Wildman–Crippen LogP) is 4.00. The maximum absolute atomic E-state index is 11.5. The molecule has 0 bridgehead atoms. The Morgan fingerprint density at radius 3 is 1.90 bits per heavy atom. The van der Waals surface area contributed by atoms with Crippen LogP contribution < -0.4 is 0 Å². The summed E-state index contributed by atoms with van der Waals surface area (Å²) in [5, 5.41) is 16.4. The van der Waals surface area contributed by atoms with Gasteiger partial charge in [-0.05, 0) is 52.2 Å². The molecular formula is C30H54N2O8. The van der Waals surface area contributed by atoms with E-state index < -0.39 is 5.97 Å². The summed E-state index contributed by atoms with van der Waals surface area (Å²) in [7, 11) is 0. The number of aliphatic hydroxyl groups is 2. The SMILES string of the molecule is C=C(C)C(=O)OCCO.C=CN1CCCCCC1=O.CC(C)C(=O)OCCO.CCC(C)N1CCCCCC1=O. The normalized spacial score (nSPS) is 15.9. The average Bonchev–Trinajstić information content (AvgIpc) is 3.29. The Kier molecular flexibility index (Phi) is 24.9. The molecule has 2 rings (SSSR count). The van der Waals surface area contributed by atoms with Gasteiger partial charge < -0.3 is 29.5 Å². The number of esters is 2. The summed E-state index contributed by atoms with van der Waals surface area (Å²) in [6.45, 7) is 18.0. The first-order valence-electron chi connectivity index (χ1n) is 14.4. The van der Waals surface area contributed by atoms with E-state index >= 15 is 0 Å². The topological polar surface area (TPSA) is 134 Å². The molecule has 0 aromatic carbocycles. The van der Waals surface area contributed by atoms with Gasteiger partial charge in [0.05, 0.1) is 19.1 Å². The Bertz CT molecular complexity index is 754. The van der Waals surface area contributed by atoms with E-state index in [2.05, 4.69) is 36.5 Å². The summed E-state index contributed by atoms with van der Waals surface area (Å²) < 4.78 is 9.03. The Balaban J connectivity index is 0. The third-order valence-corrected chi connectivity index (χ3v) is 6.04. The maximum atomic E-state index is 11.5. The number of amides is 2. The van der Waals surface area contributed by atoms with E-state index in [4.69, 9.17) is 10.2 Å². The van der Waals surface area contributed by atoms with Crippen LogP contribution in [0.3, 0.4) is 0 Å². The average molecular weight is 571 g/mol. The minimum Gasteiger partial charge on any atom is -0.463 e. The van der Waals surface area contributed by atoms with Crippen molar-refractivity contribution < 1.29 is 38.9 Å². The molecule has 40 heavy (non-hydrogen) atoms. The van der Waals surface area contributed by atoms with Crippen LogP contribution in [0.4, 0.5) is 0 Å². The van der Waals surface area contributed by atoms with Crippen molar-refractivity contribution in [2.24, 2.45) is 5.92 Å². The molecule has 0 saturated carbocycles. The molecule has 0 radical (unpaired) electrons. The molecule has 0 aliphatic carbocycles. The number of aliphatic hydroxyl groups excluding tert-OH is 2. The van der Waals surface area contributed by atoms with Crippen molar-refractivity contribution in [2.45, 2.75) is 98.4 Å². The lowest BCUT2D eigenvalue weighted by Gasteiger charge is -2.26. The second kappa shape index (κ2) is 25.3. The van der Waals surface area contributed by atoms with Crippen LogP contribution in [0, 0.1) is 5.92 Å². The van der Waals surface area contributed by atoms with Gasteiger partial charge in [0.25, 0.3) is 0 Å². The maximum Gasteiger partial charge on any atom is 0.333 e. The molecule has 0 aromatic heterocycles. The molecule has 2 aliphatic rings. The molecule has 10 heteroatoms. The van der Waals surface area contributed by atoms with Gasteiger partial charge in [0.15, 0.2) is 0 Å². The molecule has 2 N–H and O–H groups in total. The first-order chi connectivity index (χ1) is 19.0. The van der Waals surface area contributed by atoms with Gasteiger partial charge >= 0.3 is 11.9 Å². The molecule has 2 heterocycles. The number of hydrogen-bond acceptors (Lipinski definition) is 8. The number of carbonyl (C=O) groups is 4. The van der Waals surface area contributed by atoms with Gasteiger partial charge in [-0.15, -0.1) is 0 Å². The molecule has 10 nitrogen and oxygen atoms in total. The van der Waals surface area contributed by atoms with Gasteiger partial charge in [-0.1, -0.05) is 46.8 Å². The van der Waals surface area contributed by atoms with Gasteiger partial charge in [-0.2, -0.15) is 0 Å². The summed E-state index contributed by atoms with van der Waals surface area (Å²) in [6.07, 6.45) is 11.0. The second-order valence-corrected chi connectivity index (χ2v) is 9.92. The molecule has 2 aliphatic heterocycles. The van der Waals surface area contributed by atoms with Crippen LogP contribution >= 0.6 is 0 Å². The van der Waals surface area contributed by atoms with E-state index in [1.165, 1.54) is 19.3 Å². The molecule has 1 atom stereocenters. The second-order valence-electron chi connectivity index (χ2n) is 9.92. The fraction of sp³-hybridized carbons (Fsp3) is 0.733. The highest BCUT2D eigenvalue weighted by Gasteiger charge is 2.20. The Labute approximate surface area is 241 Å². The number of nitrogens with zero attached hydrogens (tertiary/aromatic N) is 2. The van der Waals surface area contributed by atoms with Crippen molar-refractivity contribution >= 4 is 23.8 Å². The minimum atomic E-state index is -0.455. The fourth-order valence-electron chi connectivity index (χ4n) is 3.46. The van der Waals surface area contributed by atoms with Crippen molar-refractivity contribution in [3.63, 3.8) is 0 Å².